The topological polar surface area (TPSA) is 118 Å². The smallest absolute Gasteiger partial charge is 0.475 e. The summed E-state index contributed by atoms with van der Waals surface area (Å²) in [5, 5.41) is 7.12. The highest BCUT2D eigenvalue weighted by atomic mass is 32.3. The second-order valence-corrected chi connectivity index (χ2v) is 6.39. The first kappa shape index (κ1) is 23.0. The number of aliphatic carboxylic acids is 1. The van der Waals surface area contributed by atoms with Crippen LogP contribution in [0.5, 0.6) is 0 Å². The van der Waals surface area contributed by atoms with E-state index in [4.69, 9.17) is 9.90 Å². The number of rotatable bonds is 2. The first-order chi connectivity index (χ1) is 9.15. The van der Waals surface area contributed by atoms with Gasteiger partial charge in [-0.3, -0.25) is 0 Å². The molecule has 0 aromatic carbocycles. The fourth-order valence-corrected chi connectivity index (χ4v) is 2.15. The number of carboxylic acids is 1. The summed E-state index contributed by atoms with van der Waals surface area (Å²) in [5.41, 5.74) is -12.3. The van der Waals surface area contributed by atoms with E-state index in [1.165, 1.54) is 0 Å². The molecular formula is C4H2F9NO6S2. The van der Waals surface area contributed by atoms with Gasteiger partial charge in [0.1, 0.15) is 0 Å². The standard InChI is InChI=1S/C2HF6NO4S2.C2HF3O2/c3-1(4,5)14(10,11)9-15(12,13)2(6,7)8;3-2(4,5)1(6)7/h9H;(H,6,7). The van der Waals surface area contributed by atoms with Crippen LogP contribution >= 0.6 is 0 Å². The largest absolute Gasteiger partial charge is 0.512 e. The van der Waals surface area contributed by atoms with Crippen LogP contribution in [0.3, 0.4) is 0 Å². The third-order valence-electron chi connectivity index (χ3n) is 1.07. The van der Waals surface area contributed by atoms with E-state index in [2.05, 4.69) is 0 Å². The Morgan fingerprint density at radius 1 is 0.727 bits per heavy atom. The molecule has 0 rings (SSSR count). The molecule has 0 bridgehead atoms. The Labute approximate surface area is 114 Å². The minimum absolute atomic E-state index is 0.493. The van der Waals surface area contributed by atoms with E-state index >= 15 is 0 Å². The van der Waals surface area contributed by atoms with Crippen molar-refractivity contribution in [2.45, 2.75) is 17.2 Å². The first-order valence-corrected chi connectivity index (χ1v) is 6.83. The SMILES string of the molecule is O=C(O)C(F)(F)F.O=S(=O)(NS(=O)(=O)C(F)(F)F)C(F)(F)F. The van der Waals surface area contributed by atoms with Gasteiger partial charge in [-0.05, 0) is 0 Å². The molecule has 0 amide bonds. The van der Waals surface area contributed by atoms with E-state index in [0.29, 0.717) is 0 Å². The van der Waals surface area contributed by atoms with Crippen molar-refractivity contribution in [1.82, 2.24) is 4.13 Å². The first-order valence-electron chi connectivity index (χ1n) is 3.86. The van der Waals surface area contributed by atoms with Crippen molar-refractivity contribution in [3.05, 3.63) is 0 Å². The Balaban J connectivity index is 0. The number of carbonyl (C=O) groups is 1. The zero-order valence-corrected chi connectivity index (χ0v) is 10.8. The number of halogens is 9. The van der Waals surface area contributed by atoms with Crippen molar-refractivity contribution in [3.8, 4) is 0 Å². The summed E-state index contributed by atoms with van der Waals surface area (Å²) >= 11 is 0. The van der Waals surface area contributed by atoms with Gasteiger partial charge in [0.05, 0.1) is 0 Å². The highest BCUT2D eigenvalue weighted by Gasteiger charge is 2.55. The van der Waals surface area contributed by atoms with Gasteiger partial charge >= 0.3 is 43.2 Å². The Morgan fingerprint density at radius 3 is 1.00 bits per heavy atom. The minimum atomic E-state index is -6.60. The van der Waals surface area contributed by atoms with Gasteiger partial charge in [0.15, 0.2) is 0 Å². The molecule has 7 nitrogen and oxygen atoms in total. The highest BCUT2D eigenvalue weighted by Crippen LogP contribution is 2.27. The van der Waals surface area contributed by atoms with Gasteiger partial charge in [0.2, 0.25) is 0 Å². The molecule has 0 heterocycles. The lowest BCUT2D eigenvalue weighted by Crippen LogP contribution is -2.45. The molecule has 0 aromatic rings. The van der Waals surface area contributed by atoms with E-state index in [1.807, 2.05) is 0 Å². The molecule has 0 aromatic heterocycles. The summed E-state index contributed by atoms with van der Waals surface area (Å²) in [5.74, 6) is -2.76. The molecular weight excluding hydrogens is 393 g/mol. The summed E-state index contributed by atoms with van der Waals surface area (Å²) in [4.78, 5) is 8.90. The Bertz CT molecular complexity index is 553. The quantitative estimate of drug-likeness (QED) is 0.672. The maximum absolute atomic E-state index is 11.5. The molecule has 134 valence electrons. The summed E-state index contributed by atoms with van der Waals surface area (Å²) < 4.78 is 140. The van der Waals surface area contributed by atoms with Crippen LogP contribution in [0.2, 0.25) is 0 Å². The van der Waals surface area contributed by atoms with Gasteiger partial charge in [-0.2, -0.15) is 39.5 Å². The summed E-state index contributed by atoms with van der Waals surface area (Å²) in [6, 6.07) is 0. The van der Waals surface area contributed by atoms with Gasteiger partial charge in [0, 0.05) is 0 Å². The molecule has 22 heavy (non-hydrogen) atoms. The predicted octanol–water partition coefficient (Wildman–Crippen LogP) is 0.909. The lowest BCUT2D eigenvalue weighted by Gasteiger charge is -2.11. The molecule has 0 unspecified atom stereocenters. The Kier molecular flexibility index (Phi) is 6.73. The van der Waals surface area contributed by atoms with E-state index in [1.54, 1.807) is 0 Å². The average molecular weight is 395 g/mol. The van der Waals surface area contributed by atoms with Crippen molar-refractivity contribution < 1.29 is 66.3 Å². The highest BCUT2D eigenvalue weighted by molar-refractivity contribution is 8.05. The van der Waals surface area contributed by atoms with Gasteiger partial charge in [-0.1, -0.05) is 4.13 Å². The van der Waals surface area contributed by atoms with Crippen LogP contribution in [-0.4, -0.2) is 45.1 Å². The molecule has 18 heteroatoms. The summed E-state index contributed by atoms with van der Waals surface area (Å²) in [7, 11) is -13.2. The van der Waals surface area contributed by atoms with E-state index in [9.17, 15) is 56.3 Å². The van der Waals surface area contributed by atoms with Crippen LogP contribution in [-0.2, 0) is 24.8 Å². The van der Waals surface area contributed by atoms with Crippen LogP contribution in [0, 0.1) is 0 Å². The number of sulfonamides is 2. The van der Waals surface area contributed by atoms with Crippen LogP contribution in [0.4, 0.5) is 39.5 Å². The molecule has 0 aliphatic heterocycles. The molecule has 0 aliphatic carbocycles. The van der Waals surface area contributed by atoms with Gasteiger partial charge in [0.25, 0.3) is 0 Å². The van der Waals surface area contributed by atoms with Gasteiger partial charge in [-0.25, -0.2) is 21.6 Å². The van der Waals surface area contributed by atoms with Gasteiger partial charge in [-0.15, -0.1) is 0 Å². The molecule has 0 atom stereocenters. The van der Waals surface area contributed by atoms with Crippen molar-refractivity contribution in [3.63, 3.8) is 0 Å². The Morgan fingerprint density at radius 2 is 0.909 bits per heavy atom. The predicted molar refractivity (Wildman–Crippen MR) is 46.8 cm³/mol. The van der Waals surface area contributed by atoms with Crippen molar-refractivity contribution in [2.75, 3.05) is 0 Å². The number of hydrogen-bond donors (Lipinski definition) is 2. The molecule has 2 N–H and O–H groups in total. The molecule has 0 saturated carbocycles. The van der Waals surface area contributed by atoms with E-state index in [-0.39, 0.29) is 0 Å². The maximum Gasteiger partial charge on any atom is 0.512 e. The number of carboxylic acid groups (broad SMARTS) is 1. The minimum Gasteiger partial charge on any atom is -0.475 e. The fourth-order valence-electron chi connectivity index (χ4n) is 0.239. The van der Waals surface area contributed by atoms with Crippen LogP contribution in [0.25, 0.3) is 0 Å². The number of nitrogens with one attached hydrogen (secondary N) is 1. The number of alkyl halides is 9. The zero-order chi connectivity index (χ0) is 18.8. The second kappa shape index (κ2) is 6.44. The monoisotopic (exact) mass is 395 g/mol. The molecule has 0 spiro atoms. The second-order valence-electron chi connectivity index (χ2n) is 2.78. The summed E-state index contributed by atoms with van der Waals surface area (Å²) in [6.45, 7) is 0. The third kappa shape index (κ3) is 7.11. The van der Waals surface area contributed by atoms with E-state index in [0.717, 1.165) is 0 Å². The van der Waals surface area contributed by atoms with Crippen molar-refractivity contribution in [2.24, 2.45) is 0 Å². The maximum atomic E-state index is 11.5. The van der Waals surface area contributed by atoms with Crippen LogP contribution in [0.1, 0.15) is 0 Å². The number of hydrogen-bond acceptors (Lipinski definition) is 5. The third-order valence-corrected chi connectivity index (χ3v) is 4.05. The molecule has 0 aliphatic rings. The average Bonchev–Trinajstić information content (AvgIpc) is 2.10. The molecule has 0 fully saturated rings. The van der Waals surface area contributed by atoms with Gasteiger partial charge < -0.3 is 5.11 Å². The van der Waals surface area contributed by atoms with Crippen molar-refractivity contribution >= 4 is 26.0 Å². The fraction of sp³-hybridized carbons (Fsp3) is 0.750. The lowest BCUT2D eigenvalue weighted by atomic mass is 10.7. The van der Waals surface area contributed by atoms with Crippen molar-refractivity contribution in [1.29, 1.82) is 0 Å². The van der Waals surface area contributed by atoms with E-state index < -0.39 is 47.3 Å². The molecule has 0 radical (unpaired) electrons. The Hall–Kier alpha value is -1.30. The normalized spacial score (nSPS) is 14.0. The van der Waals surface area contributed by atoms with Crippen LogP contribution in [0.15, 0.2) is 0 Å². The lowest BCUT2D eigenvalue weighted by molar-refractivity contribution is -0.192. The zero-order valence-electron chi connectivity index (χ0n) is 9.21. The molecule has 0 saturated heterocycles. The summed E-state index contributed by atoms with van der Waals surface area (Å²) in [6.07, 6.45) is -5.08. The van der Waals surface area contributed by atoms with Crippen LogP contribution < -0.4 is 4.13 Å².